The molecule has 2 aromatic carbocycles. The van der Waals surface area contributed by atoms with Gasteiger partial charge >= 0.3 is 0 Å². The standard InChI is InChI=1S/C26H29N3O4/c1-25(2)19-13-14-26(25,3)24(33)29(23(19)32)20(15-16-7-5-4-6-8-16)22(31)28-18-11-9-17(10-12-18)21(27)30/h4-12,19-20H,13-15H2,1-3H3,(H2,27,30)(H,28,31). The number of nitrogens with one attached hydrogen (secondary N) is 1. The maximum absolute atomic E-state index is 13.7. The molecule has 1 saturated carbocycles. The first-order valence-corrected chi connectivity index (χ1v) is 11.2. The Bertz CT molecular complexity index is 1110. The summed E-state index contributed by atoms with van der Waals surface area (Å²) < 4.78 is 0. The Balaban J connectivity index is 1.68. The molecule has 7 nitrogen and oxygen atoms in total. The van der Waals surface area contributed by atoms with Gasteiger partial charge in [0, 0.05) is 23.6 Å². The second-order valence-electron chi connectivity index (χ2n) is 9.79. The van der Waals surface area contributed by atoms with E-state index < -0.39 is 28.7 Å². The molecule has 3 unspecified atom stereocenters. The second kappa shape index (κ2) is 8.14. The molecule has 33 heavy (non-hydrogen) atoms. The number of hydrogen-bond donors (Lipinski definition) is 2. The van der Waals surface area contributed by atoms with Gasteiger partial charge in [-0.3, -0.25) is 24.1 Å². The molecule has 1 saturated heterocycles. The molecular formula is C26H29N3O4. The number of likely N-dealkylation sites (tertiary alicyclic amines) is 1. The van der Waals surface area contributed by atoms with Gasteiger partial charge < -0.3 is 11.1 Å². The number of benzene rings is 2. The first kappa shape index (κ1) is 22.7. The van der Waals surface area contributed by atoms with Gasteiger partial charge in [-0.15, -0.1) is 0 Å². The van der Waals surface area contributed by atoms with Crippen molar-refractivity contribution in [3.8, 4) is 0 Å². The minimum absolute atomic E-state index is 0.215. The fraction of sp³-hybridized carbons (Fsp3) is 0.385. The monoisotopic (exact) mass is 447 g/mol. The highest BCUT2D eigenvalue weighted by molar-refractivity contribution is 6.09. The smallest absolute Gasteiger partial charge is 0.248 e. The van der Waals surface area contributed by atoms with Gasteiger partial charge in [0.25, 0.3) is 0 Å². The number of hydrogen-bond acceptors (Lipinski definition) is 4. The molecule has 0 aromatic heterocycles. The summed E-state index contributed by atoms with van der Waals surface area (Å²) in [6.07, 6.45) is 1.48. The van der Waals surface area contributed by atoms with E-state index in [9.17, 15) is 19.2 Å². The molecule has 3 atom stereocenters. The predicted octanol–water partition coefficient (Wildman–Crippen LogP) is 3.15. The zero-order valence-corrected chi connectivity index (χ0v) is 19.1. The van der Waals surface area contributed by atoms with Gasteiger partial charge in [-0.1, -0.05) is 51.1 Å². The summed E-state index contributed by atoms with van der Waals surface area (Å²) in [4.78, 5) is 53.3. The quantitative estimate of drug-likeness (QED) is 0.663. The molecule has 3 N–H and O–H groups in total. The van der Waals surface area contributed by atoms with Crippen molar-refractivity contribution < 1.29 is 19.2 Å². The van der Waals surface area contributed by atoms with Crippen LogP contribution in [0.3, 0.4) is 0 Å². The number of primary amides is 1. The minimum Gasteiger partial charge on any atom is -0.366 e. The first-order chi connectivity index (χ1) is 15.6. The van der Waals surface area contributed by atoms with Crippen LogP contribution in [0.5, 0.6) is 0 Å². The van der Waals surface area contributed by atoms with Crippen molar-refractivity contribution in [2.24, 2.45) is 22.5 Å². The molecule has 0 radical (unpaired) electrons. The topological polar surface area (TPSA) is 110 Å². The molecule has 4 amide bonds. The van der Waals surface area contributed by atoms with Crippen molar-refractivity contribution in [1.29, 1.82) is 0 Å². The van der Waals surface area contributed by atoms with E-state index in [1.165, 1.54) is 17.0 Å². The van der Waals surface area contributed by atoms with Crippen LogP contribution in [0.2, 0.25) is 0 Å². The number of piperidine rings is 1. The SMILES string of the molecule is CC12CCC(C(=O)N(C(Cc3ccccc3)C(=O)Nc3ccc(C(N)=O)cc3)C1=O)C2(C)C. The molecule has 0 spiro atoms. The highest BCUT2D eigenvalue weighted by Crippen LogP contribution is 2.60. The van der Waals surface area contributed by atoms with Crippen molar-refractivity contribution in [2.45, 2.75) is 46.1 Å². The van der Waals surface area contributed by atoms with Crippen LogP contribution >= 0.6 is 0 Å². The molecule has 4 rings (SSSR count). The molecule has 2 aromatic rings. The summed E-state index contributed by atoms with van der Waals surface area (Å²) in [6, 6.07) is 14.6. The molecule has 2 fully saturated rings. The summed E-state index contributed by atoms with van der Waals surface area (Å²) in [5.74, 6) is -1.88. The van der Waals surface area contributed by atoms with Crippen molar-refractivity contribution in [3.05, 3.63) is 65.7 Å². The fourth-order valence-electron chi connectivity index (χ4n) is 5.23. The lowest BCUT2D eigenvalue weighted by atomic mass is 9.62. The summed E-state index contributed by atoms with van der Waals surface area (Å²) in [7, 11) is 0. The average molecular weight is 448 g/mol. The number of carbonyl (C=O) groups excluding carboxylic acids is 4. The lowest BCUT2D eigenvalue weighted by Gasteiger charge is -2.49. The molecular weight excluding hydrogens is 418 g/mol. The van der Waals surface area contributed by atoms with Crippen LogP contribution in [0, 0.1) is 16.7 Å². The van der Waals surface area contributed by atoms with E-state index in [1.54, 1.807) is 12.1 Å². The van der Waals surface area contributed by atoms with Crippen molar-refractivity contribution in [2.75, 3.05) is 5.32 Å². The van der Waals surface area contributed by atoms with Crippen LogP contribution < -0.4 is 11.1 Å². The van der Waals surface area contributed by atoms with E-state index in [-0.39, 0.29) is 24.2 Å². The molecule has 7 heteroatoms. The third-order valence-electron chi connectivity index (χ3n) is 7.78. The molecule has 2 aliphatic rings. The van der Waals surface area contributed by atoms with Gasteiger partial charge in [0.2, 0.25) is 23.6 Å². The Morgan fingerprint density at radius 2 is 1.70 bits per heavy atom. The largest absolute Gasteiger partial charge is 0.366 e. The minimum atomic E-state index is -0.987. The number of rotatable bonds is 6. The number of nitrogens with two attached hydrogens (primary N) is 1. The number of fused-ring (bicyclic) bond motifs is 2. The number of anilines is 1. The molecule has 1 aliphatic heterocycles. The predicted molar refractivity (Wildman–Crippen MR) is 124 cm³/mol. The van der Waals surface area contributed by atoms with E-state index in [4.69, 9.17) is 5.73 Å². The molecule has 172 valence electrons. The Hall–Kier alpha value is -3.48. The van der Waals surface area contributed by atoms with E-state index in [2.05, 4.69) is 5.32 Å². The van der Waals surface area contributed by atoms with Crippen LogP contribution in [0.25, 0.3) is 0 Å². The summed E-state index contributed by atoms with van der Waals surface area (Å²) in [6.45, 7) is 5.86. The lowest BCUT2D eigenvalue weighted by molar-refractivity contribution is -0.172. The maximum atomic E-state index is 13.7. The Kier molecular flexibility index (Phi) is 5.60. The average Bonchev–Trinajstić information content (AvgIpc) is 2.97. The van der Waals surface area contributed by atoms with Crippen LogP contribution in [-0.2, 0) is 20.8 Å². The van der Waals surface area contributed by atoms with Gasteiger partial charge in [0.1, 0.15) is 6.04 Å². The van der Waals surface area contributed by atoms with Crippen LogP contribution in [0.15, 0.2) is 54.6 Å². The Labute approximate surface area is 193 Å². The fourth-order valence-corrected chi connectivity index (χ4v) is 5.23. The van der Waals surface area contributed by atoms with E-state index in [0.717, 1.165) is 5.56 Å². The number of carbonyl (C=O) groups is 4. The van der Waals surface area contributed by atoms with Crippen molar-refractivity contribution in [3.63, 3.8) is 0 Å². The third-order valence-corrected chi connectivity index (χ3v) is 7.78. The summed E-state index contributed by atoms with van der Waals surface area (Å²) >= 11 is 0. The number of nitrogens with zero attached hydrogens (tertiary/aromatic N) is 1. The second-order valence-corrected chi connectivity index (χ2v) is 9.79. The molecule has 1 aliphatic carbocycles. The molecule has 2 bridgehead atoms. The van der Waals surface area contributed by atoms with Crippen molar-refractivity contribution >= 4 is 29.3 Å². The van der Waals surface area contributed by atoms with E-state index >= 15 is 0 Å². The molecule has 1 heterocycles. The Morgan fingerprint density at radius 3 is 2.30 bits per heavy atom. The van der Waals surface area contributed by atoms with Crippen LogP contribution in [0.1, 0.15) is 49.5 Å². The lowest BCUT2D eigenvalue weighted by Crippen LogP contribution is -2.64. The van der Waals surface area contributed by atoms with Gasteiger partial charge in [-0.2, -0.15) is 0 Å². The van der Waals surface area contributed by atoms with Gasteiger partial charge in [0.05, 0.1) is 5.41 Å². The van der Waals surface area contributed by atoms with E-state index in [0.29, 0.717) is 24.1 Å². The van der Waals surface area contributed by atoms with E-state index in [1.807, 2.05) is 51.1 Å². The number of amides is 4. The van der Waals surface area contributed by atoms with Crippen LogP contribution in [-0.4, -0.2) is 34.6 Å². The van der Waals surface area contributed by atoms with Gasteiger partial charge in [-0.25, -0.2) is 0 Å². The zero-order valence-electron chi connectivity index (χ0n) is 19.1. The summed E-state index contributed by atoms with van der Waals surface area (Å²) in [5.41, 5.74) is 5.74. The van der Waals surface area contributed by atoms with Gasteiger partial charge in [0.15, 0.2) is 0 Å². The third kappa shape index (κ3) is 3.71. The zero-order chi connectivity index (χ0) is 24.0. The van der Waals surface area contributed by atoms with Gasteiger partial charge in [-0.05, 0) is 48.1 Å². The summed E-state index contributed by atoms with van der Waals surface area (Å²) in [5, 5.41) is 2.81. The van der Waals surface area contributed by atoms with Crippen molar-refractivity contribution in [1.82, 2.24) is 4.90 Å². The Morgan fingerprint density at radius 1 is 1.06 bits per heavy atom. The maximum Gasteiger partial charge on any atom is 0.248 e. The highest BCUT2D eigenvalue weighted by atomic mass is 16.2. The normalized spacial score (nSPS) is 24.5. The number of imide groups is 1. The first-order valence-electron chi connectivity index (χ1n) is 11.2. The van der Waals surface area contributed by atoms with Crippen LogP contribution in [0.4, 0.5) is 5.69 Å². The highest BCUT2D eigenvalue weighted by Gasteiger charge is 2.65.